The lowest BCUT2D eigenvalue weighted by atomic mass is 10.2. The monoisotopic (exact) mass is 382 g/mol. The van der Waals surface area contributed by atoms with Gasteiger partial charge in [0.2, 0.25) is 0 Å². The van der Waals surface area contributed by atoms with Gasteiger partial charge in [0.15, 0.2) is 5.65 Å². The first-order valence-electron chi connectivity index (χ1n) is 9.21. The number of hydrogen-bond acceptors (Lipinski definition) is 7. The molecule has 28 heavy (non-hydrogen) atoms. The topological polar surface area (TPSA) is 105 Å². The van der Waals surface area contributed by atoms with E-state index in [4.69, 9.17) is 9.47 Å². The number of hydrogen-bond donors (Lipinski definition) is 2. The van der Waals surface area contributed by atoms with Crippen LogP contribution in [-0.4, -0.2) is 58.4 Å². The Labute approximate surface area is 162 Å². The predicted molar refractivity (Wildman–Crippen MR) is 105 cm³/mol. The van der Waals surface area contributed by atoms with Crippen LogP contribution in [0.3, 0.4) is 0 Å². The third-order valence-electron chi connectivity index (χ3n) is 4.28. The molecule has 0 atom stereocenters. The zero-order valence-electron chi connectivity index (χ0n) is 15.8. The number of pyridine rings is 2. The second kappa shape index (κ2) is 7.81. The van der Waals surface area contributed by atoms with Gasteiger partial charge in [-0.15, -0.1) is 0 Å². The van der Waals surface area contributed by atoms with Gasteiger partial charge in [-0.2, -0.15) is 0 Å². The van der Waals surface area contributed by atoms with Crippen LogP contribution in [-0.2, 0) is 9.47 Å². The first-order chi connectivity index (χ1) is 13.6. The number of carbonyl (C=O) groups excluding carboxylic acids is 1. The highest BCUT2D eigenvalue weighted by molar-refractivity contribution is 5.87. The van der Waals surface area contributed by atoms with Crippen LogP contribution < -0.4 is 10.2 Å². The Morgan fingerprint density at radius 3 is 2.79 bits per heavy atom. The summed E-state index contributed by atoms with van der Waals surface area (Å²) >= 11 is 0. The fraction of sp³-hybridized carbons (Fsp3) is 0.368. The fourth-order valence-electron chi connectivity index (χ4n) is 2.97. The highest BCUT2D eigenvalue weighted by Crippen LogP contribution is 2.23. The van der Waals surface area contributed by atoms with Gasteiger partial charge >= 0.3 is 6.09 Å². The highest BCUT2D eigenvalue weighted by Gasteiger charge is 2.14. The molecule has 0 spiro atoms. The van der Waals surface area contributed by atoms with Gasteiger partial charge in [-0.1, -0.05) is 0 Å². The number of carbonyl (C=O) groups is 1. The van der Waals surface area contributed by atoms with Gasteiger partial charge in [0.25, 0.3) is 0 Å². The van der Waals surface area contributed by atoms with Crippen molar-refractivity contribution in [1.82, 2.24) is 19.9 Å². The molecule has 9 heteroatoms. The summed E-state index contributed by atoms with van der Waals surface area (Å²) < 4.78 is 10.5. The Hall–Kier alpha value is -3.20. The molecule has 0 bridgehead atoms. The summed E-state index contributed by atoms with van der Waals surface area (Å²) in [5.74, 6) is 1.60. The van der Waals surface area contributed by atoms with E-state index in [1.807, 2.05) is 12.1 Å². The molecule has 0 aromatic carbocycles. The number of aromatic amines is 1. The van der Waals surface area contributed by atoms with Crippen LogP contribution >= 0.6 is 0 Å². The van der Waals surface area contributed by atoms with Gasteiger partial charge in [0, 0.05) is 24.8 Å². The minimum atomic E-state index is -0.515. The van der Waals surface area contributed by atoms with Crippen molar-refractivity contribution >= 4 is 28.8 Å². The molecule has 4 heterocycles. The number of aromatic nitrogens is 4. The largest absolute Gasteiger partial charge is 0.447 e. The maximum atomic E-state index is 11.7. The van der Waals surface area contributed by atoms with Crippen molar-refractivity contribution in [3.63, 3.8) is 0 Å². The van der Waals surface area contributed by atoms with Crippen molar-refractivity contribution in [3.8, 4) is 11.4 Å². The summed E-state index contributed by atoms with van der Waals surface area (Å²) in [4.78, 5) is 30.5. The first kappa shape index (κ1) is 18.2. The molecular formula is C19H22N6O3. The van der Waals surface area contributed by atoms with Crippen LogP contribution in [0.4, 0.5) is 16.3 Å². The molecule has 4 rings (SSSR count). The van der Waals surface area contributed by atoms with E-state index in [1.165, 1.54) is 0 Å². The van der Waals surface area contributed by atoms with E-state index in [2.05, 4.69) is 30.2 Å². The highest BCUT2D eigenvalue weighted by atomic mass is 16.6. The Bertz CT molecular complexity index is 963. The quantitative estimate of drug-likeness (QED) is 0.715. The molecular weight excluding hydrogens is 360 g/mol. The molecule has 0 saturated carbocycles. The van der Waals surface area contributed by atoms with Crippen LogP contribution in [0.15, 0.2) is 30.6 Å². The van der Waals surface area contributed by atoms with Crippen molar-refractivity contribution in [2.45, 2.75) is 20.0 Å². The third kappa shape index (κ3) is 4.04. The zero-order valence-corrected chi connectivity index (χ0v) is 15.8. The minimum absolute atomic E-state index is 0.191. The van der Waals surface area contributed by atoms with E-state index in [1.54, 1.807) is 32.3 Å². The molecule has 2 N–H and O–H groups in total. The van der Waals surface area contributed by atoms with Crippen molar-refractivity contribution in [2.24, 2.45) is 0 Å². The SMILES string of the molecule is CC(C)OC(=O)Nc1cnc2nc(-c3ccc(N4CCOCC4)nc3)[nH]c2c1. The number of amides is 1. The van der Waals surface area contributed by atoms with E-state index in [-0.39, 0.29) is 6.10 Å². The molecule has 146 valence electrons. The number of H-pyrrole nitrogens is 1. The summed E-state index contributed by atoms with van der Waals surface area (Å²) in [5, 5.41) is 2.66. The van der Waals surface area contributed by atoms with Gasteiger partial charge in [-0.05, 0) is 32.0 Å². The minimum Gasteiger partial charge on any atom is -0.447 e. The summed E-state index contributed by atoms with van der Waals surface area (Å²) in [7, 11) is 0. The van der Waals surface area contributed by atoms with Crippen molar-refractivity contribution in [3.05, 3.63) is 30.6 Å². The van der Waals surface area contributed by atoms with Crippen LogP contribution in [0, 0.1) is 0 Å². The van der Waals surface area contributed by atoms with Gasteiger partial charge in [-0.25, -0.2) is 19.7 Å². The van der Waals surface area contributed by atoms with E-state index in [0.29, 0.717) is 17.2 Å². The summed E-state index contributed by atoms with van der Waals surface area (Å²) in [6.07, 6.45) is 2.64. The second-order valence-electron chi connectivity index (χ2n) is 6.76. The third-order valence-corrected chi connectivity index (χ3v) is 4.28. The molecule has 1 saturated heterocycles. The molecule has 1 aliphatic rings. The Balaban J connectivity index is 1.51. The van der Waals surface area contributed by atoms with E-state index < -0.39 is 6.09 Å². The number of nitrogens with zero attached hydrogens (tertiary/aromatic N) is 4. The molecule has 1 fully saturated rings. The molecule has 3 aromatic heterocycles. The Morgan fingerprint density at radius 1 is 1.25 bits per heavy atom. The van der Waals surface area contributed by atoms with Crippen LogP contribution in [0.5, 0.6) is 0 Å². The maximum absolute atomic E-state index is 11.7. The number of morpholine rings is 1. The predicted octanol–water partition coefficient (Wildman–Crippen LogP) is 2.81. The zero-order chi connectivity index (χ0) is 19.5. The number of nitrogens with one attached hydrogen (secondary N) is 2. The molecule has 9 nitrogen and oxygen atoms in total. The Morgan fingerprint density at radius 2 is 2.07 bits per heavy atom. The maximum Gasteiger partial charge on any atom is 0.411 e. The number of ether oxygens (including phenoxy) is 2. The Kier molecular flexibility index (Phi) is 5.07. The lowest BCUT2D eigenvalue weighted by Gasteiger charge is -2.27. The first-order valence-corrected chi connectivity index (χ1v) is 9.21. The average Bonchev–Trinajstić information content (AvgIpc) is 3.11. The summed E-state index contributed by atoms with van der Waals surface area (Å²) in [6, 6.07) is 5.74. The molecule has 1 aliphatic heterocycles. The molecule has 0 unspecified atom stereocenters. The van der Waals surface area contributed by atoms with Crippen molar-refractivity contribution in [1.29, 1.82) is 0 Å². The summed E-state index contributed by atoms with van der Waals surface area (Å²) in [5.41, 5.74) is 2.68. The van der Waals surface area contributed by atoms with Crippen molar-refractivity contribution < 1.29 is 14.3 Å². The van der Waals surface area contributed by atoms with E-state index in [9.17, 15) is 4.79 Å². The standard InChI is InChI=1S/C19H22N6O3/c1-12(2)28-19(26)22-14-9-15-18(21-11-14)24-17(23-15)13-3-4-16(20-10-13)25-5-7-27-8-6-25/h3-4,9-12H,5-8H2,1-2H3,(H,22,26)(H,21,23,24). The summed E-state index contributed by atoms with van der Waals surface area (Å²) in [6.45, 7) is 6.71. The second-order valence-corrected chi connectivity index (χ2v) is 6.76. The van der Waals surface area contributed by atoms with Gasteiger partial charge in [0.1, 0.15) is 11.6 Å². The fourth-order valence-corrected chi connectivity index (χ4v) is 2.97. The van der Waals surface area contributed by atoms with Gasteiger partial charge in [-0.3, -0.25) is 5.32 Å². The molecule has 3 aromatic rings. The van der Waals surface area contributed by atoms with Crippen LogP contribution in [0.2, 0.25) is 0 Å². The normalized spacial score (nSPS) is 14.5. The number of fused-ring (bicyclic) bond motifs is 1. The van der Waals surface area contributed by atoms with Crippen molar-refractivity contribution in [2.75, 3.05) is 36.5 Å². The molecule has 0 aliphatic carbocycles. The number of rotatable bonds is 4. The lowest BCUT2D eigenvalue weighted by molar-refractivity contribution is 0.122. The van der Waals surface area contributed by atoms with Crippen LogP contribution in [0.25, 0.3) is 22.6 Å². The molecule has 1 amide bonds. The smallest absolute Gasteiger partial charge is 0.411 e. The molecule has 0 radical (unpaired) electrons. The van der Waals surface area contributed by atoms with E-state index >= 15 is 0 Å². The van der Waals surface area contributed by atoms with E-state index in [0.717, 1.165) is 43.2 Å². The average molecular weight is 382 g/mol. The van der Waals surface area contributed by atoms with Gasteiger partial charge in [0.05, 0.1) is 36.7 Å². The number of imidazole rings is 1. The van der Waals surface area contributed by atoms with Crippen LogP contribution in [0.1, 0.15) is 13.8 Å². The number of anilines is 2. The van der Waals surface area contributed by atoms with Gasteiger partial charge < -0.3 is 19.4 Å². The lowest BCUT2D eigenvalue weighted by Crippen LogP contribution is -2.36.